The number of allylic oxidation sites excluding steroid dienone is 6. The van der Waals surface area contributed by atoms with E-state index in [0.717, 1.165) is 0 Å². The largest absolute Gasteiger partial charge is 0.238 e. The highest BCUT2D eigenvalue weighted by Gasteiger charge is 2.34. The van der Waals surface area contributed by atoms with Crippen LogP contribution in [0.25, 0.3) is 53.1 Å². The van der Waals surface area contributed by atoms with E-state index in [0.29, 0.717) is 66.9 Å². The number of hydrogen-bond donors (Lipinski definition) is 0. The van der Waals surface area contributed by atoms with E-state index < -0.39 is 0 Å². The Hall–Kier alpha value is -7.46. The molecule has 0 saturated heterocycles. The van der Waals surface area contributed by atoms with Crippen LogP contribution in [0.1, 0.15) is 58.4 Å². The van der Waals surface area contributed by atoms with Crippen molar-refractivity contribution in [3.05, 3.63) is 150 Å². The molecule has 0 atom stereocenters. The molecule has 2 aliphatic rings. The number of fused-ring (bicyclic) bond motifs is 2. The maximum atomic E-state index is 10.3. The molecule has 0 saturated carbocycles. The van der Waals surface area contributed by atoms with Crippen molar-refractivity contribution in [1.29, 1.82) is 21.0 Å². The molecule has 5 rings (SSSR count). The van der Waals surface area contributed by atoms with E-state index in [-0.39, 0.29) is 33.8 Å². The van der Waals surface area contributed by atoms with Crippen LogP contribution >= 0.6 is 0 Å². The zero-order chi connectivity index (χ0) is 31.7. The van der Waals surface area contributed by atoms with Gasteiger partial charge in [0.2, 0.25) is 0 Å². The third-order valence-corrected chi connectivity index (χ3v) is 7.55. The molecule has 0 amide bonds. The average molecular weight is 559 g/mol. The van der Waals surface area contributed by atoms with Crippen LogP contribution in [0.15, 0.2) is 59.7 Å². The fraction of sp³-hybridized carbons (Fsp3) is 0.0556. The van der Waals surface area contributed by atoms with Crippen molar-refractivity contribution in [2.45, 2.75) is 13.8 Å². The molecule has 0 N–H and O–H groups in total. The fourth-order valence-corrected chi connectivity index (χ4v) is 5.67. The van der Waals surface area contributed by atoms with Gasteiger partial charge in [-0.05, 0) is 81.8 Å². The summed E-state index contributed by atoms with van der Waals surface area (Å²) in [4.78, 5) is 14.4. The van der Waals surface area contributed by atoms with Crippen LogP contribution < -0.4 is 0 Å². The Morgan fingerprint density at radius 3 is 1.68 bits per heavy atom. The van der Waals surface area contributed by atoms with Crippen LogP contribution in [-0.4, -0.2) is 0 Å². The first-order chi connectivity index (χ1) is 21.3. The SMILES string of the molecule is [C-]#[N+]C1=C(C)/C(=C(\[N+]#[C-])c2cc(C#N)cc([N+]#[C-])c2)c2cc3c(cc21)/C(=C(/C#N)c1cc(C#N)cc([N+]#[C-])c1)C(C)=C3C#N. The molecule has 2 aliphatic carbocycles. The normalized spacial score (nSPS) is 14.8. The number of nitrogens with zero attached hydrogens (tertiary/aromatic N) is 8. The lowest BCUT2D eigenvalue weighted by molar-refractivity contribution is 1.46. The van der Waals surface area contributed by atoms with Crippen molar-refractivity contribution in [2.75, 3.05) is 0 Å². The van der Waals surface area contributed by atoms with Gasteiger partial charge in [0.25, 0.3) is 0 Å². The van der Waals surface area contributed by atoms with Crippen molar-refractivity contribution in [1.82, 2.24) is 0 Å². The van der Waals surface area contributed by atoms with Crippen LogP contribution in [0.2, 0.25) is 0 Å². The molecule has 3 aromatic rings. The Morgan fingerprint density at radius 1 is 0.591 bits per heavy atom. The van der Waals surface area contributed by atoms with Crippen LogP contribution in [0.5, 0.6) is 0 Å². The molecule has 8 nitrogen and oxygen atoms in total. The van der Waals surface area contributed by atoms with E-state index >= 15 is 0 Å². The summed E-state index contributed by atoms with van der Waals surface area (Å²) in [5.41, 5.74) is 6.61. The summed E-state index contributed by atoms with van der Waals surface area (Å²) in [5.74, 6) is 0. The molecular weight excluding hydrogens is 544 g/mol. The van der Waals surface area contributed by atoms with Gasteiger partial charge >= 0.3 is 0 Å². The second kappa shape index (κ2) is 10.8. The van der Waals surface area contributed by atoms with Gasteiger partial charge in [-0.25, -0.2) is 19.4 Å². The lowest BCUT2D eigenvalue weighted by Gasteiger charge is -2.13. The topological polar surface area (TPSA) is 113 Å². The molecule has 0 spiro atoms. The summed E-state index contributed by atoms with van der Waals surface area (Å²) in [6.07, 6.45) is 0. The maximum Gasteiger partial charge on any atom is 0.199 e. The molecule has 0 bridgehead atoms. The second-order valence-electron chi connectivity index (χ2n) is 9.82. The van der Waals surface area contributed by atoms with Crippen molar-refractivity contribution in [3.8, 4) is 24.3 Å². The van der Waals surface area contributed by atoms with Crippen molar-refractivity contribution in [2.24, 2.45) is 0 Å². The Kier molecular flexibility index (Phi) is 6.92. The molecule has 198 valence electrons. The standard InChI is InChI=1S/C36H14N8/c1-19-31(17-39)27-13-29-30(14-28(27)33(19)32(18-40)23-7-21(15-37)9-25(11-23)41-3)35(43-5)20(2)34(29)36(44-6)24-8-22(16-38)10-26(12-24)42-4/h7-14H,1-2H3/b33-32-,36-34+. The summed E-state index contributed by atoms with van der Waals surface area (Å²) in [6, 6.07) is 21.0. The summed E-state index contributed by atoms with van der Waals surface area (Å²) in [7, 11) is 0. The predicted molar refractivity (Wildman–Crippen MR) is 165 cm³/mol. The van der Waals surface area contributed by atoms with Crippen LogP contribution in [0.4, 0.5) is 11.4 Å². The highest BCUT2D eigenvalue weighted by molar-refractivity contribution is 6.17. The predicted octanol–water partition coefficient (Wildman–Crippen LogP) is 8.73. The number of nitriles is 4. The summed E-state index contributed by atoms with van der Waals surface area (Å²) in [6.45, 7) is 34.4. The van der Waals surface area contributed by atoms with Crippen LogP contribution in [-0.2, 0) is 0 Å². The van der Waals surface area contributed by atoms with Crippen molar-refractivity contribution < 1.29 is 0 Å². The molecular formula is C36H14N8. The van der Waals surface area contributed by atoms with Gasteiger partial charge in [-0.3, -0.25) is 0 Å². The minimum Gasteiger partial charge on any atom is -0.238 e. The first kappa shape index (κ1) is 28.1. The van der Waals surface area contributed by atoms with Gasteiger partial charge in [-0.2, -0.15) is 21.0 Å². The second-order valence-corrected chi connectivity index (χ2v) is 9.82. The van der Waals surface area contributed by atoms with Gasteiger partial charge in [0.15, 0.2) is 22.8 Å². The summed E-state index contributed by atoms with van der Waals surface area (Å²) >= 11 is 0. The molecule has 0 heterocycles. The van der Waals surface area contributed by atoms with E-state index in [1.165, 1.54) is 36.4 Å². The van der Waals surface area contributed by atoms with Gasteiger partial charge in [-0.15, -0.1) is 0 Å². The molecule has 8 heteroatoms. The molecule has 0 unspecified atom stereocenters. The molecule has 0 aromatic heterocycles. The molecule has 44 heavy (non-hydrogen) atoms. The van der Waals surface area contributed by atoms with Crippen LogP contribution in [0.3, 0.4) is 0 Å². The highest BCUT2D eigenvalue weighted by Crippen LogP contribution is 2.52. The lowest BCUT2D eigenvalue weighted by Crippen LogP contribution is -1.95. The Morgan fingerprint density at radius 2 is 1.16 bits per heavy atom. The smallest absolute Gasteiger partial charge is 0.199 e. The van der Waals surface area contributed by atoms with E-state index in [1.54, 1.807) is 26.0 Å². The fourth-order valence-electron chi connectivity index (χ4n) is 5.67. The molecule has 0 aliphatic heterocycles. The first-order valence-electron chi connectivity index (χ1n) is 12.8. The highest BCUT2D eigenvalue weighted by atomic mass is 14.7. The van der Waals surface area contributed by atoms with Crippen LogP contribution in [0, 0.1) is 71.6 Å². The van der Waals surface area contributed by atoms with Gasteiger partial charge in [0.05, 0.1) is 49.6 Å². The van der Waals surface area contributed by atoms with Crippen molar-refractivity contribution >= 4 is 45.1 Å². The Labute approximate surface area is 253 Å². The lowest BCUT2D eigenvalue weighted by atomic mass is 9.89. The molecule has 0 radical (unpaired) electrons. The van der Waals surface area contributed by atoms with Gasteiger partial charge in [0.1, 0.15) is 12.1 Å². The maximum absolute atomic E-state index is 10.3. The van der Waals surface area contributed by atoms with E-state index in [4.69, 9.17) is 26.3 Å². The van der Waals surface area contributed by atoms with E-state index in [1.807, 2.05) is 12.1 Å². The Balaban J connectivity index is 1.88. The summed E-state index contributed by atoms with van der Waals surface area (Å²) in [5, 5.41) is 39.6. The average Bonchev–Trinajstić information content (AvgIpc) is 3.48. The van der Waals surface area contributed by atoms with Gasteiger partial charge < -0.3 is 0 Å². The quantitative estimate of drug-likeness (QED) is 0.231. The van der Waals surface area contributed by atoms with E-state index in [9.17, 15) is 21.0 Å². The van der Waals surface area contributed by atoms with Gasteiger partial charge in [-0.1, -0.05) is 25.1 Å². The molecule has 0 fully saturated rings. The number of benzene rings is 3. The minimum absolute atomic E-state index is 0.162. The van der Waals surface area contributed by atoms with Crippen molar-refractivity contribution in [3.63, 3.8) is 0 Å². The monoisotopic (exact) mass is 558 g/mol. The van der Waals surface area contributed by atoms with E-state index in [2.05, 4.69) is 31.5 Å². The third-order valence-electron chi connectivity index (χ3n) is 7.55. The number of hydrogen-bond acceptors (Lipinski definition) is 4. The Bertz CT molecular complexity index is 2140. The third kappa shape index (κ3) is 4.17. The van der Waals surface area contributed by atoms with Gasteiger partial charge in [0, 0.05) is 22.3 Å². The summed E-state index contributed by atoms with van der Waals surface area (Å²) < 4.78 is 0. The minimum atomic E-state index is 0.162. The molecule has 3 aromatic carbocycles. The zero-order valence-electron chi connectivity index (χ0n) is 23.2. The number of rotatable bonds is 2. The first-order valence-corrected chi connectivity index (χ1v) is 12.8. The zero-order valence-corrected chi connectivity index (χ0v) is 23.2.